The summed E-state index contributed by atoms with van der Waals surface area (Å²) in [7, 11) is 1.36. The van der Waals surface area contributed by atoms with Gasteiger partial charge in [-0.1, -0.05) is 52.0 Å². The Bertz CT molecular complexity index is 1110. The van der Waals surface area contributed by atoms with E-state index in [-0.39, 0.29) is 24.5 Å². The number of para-hydroxylation sites is 1. The highest BCUT2D eigenvalue weighted by Gasteiger charge is 2.24. The van der Waals surface area contributed by atoms with E-state index < -0.39 is 6.04 Å². The quantitative estimate of drug-likeness (QED) is 0.431. The van der Waals surface area contributed by atoms with E-state index >= 15 is 0 Å². The fourth-order valence-electron chi connectivity index (χ4n) is 3.37. The van der Waals surface area contributed by atoms with Crippen LogP contribution in [-0.2, 0) is 16.1 Å². The summed E-state index contributed by atoms with van der Waals surface area (Å²) in [5, 5.41) is 9.59. The van der Waals surface area contributed by atoms with Crippen LogP contribution in [0, 0.1) is 5.92 Å². The second-order valence-electron chi connectivity index (χ2n) is 8.48. The Morgan fingerprint density at radius 1 is 0.970 bits per heavy atom. The molecule has 0 aliphatic heterocycles. The number of carbonyl (C=O) groups is 2. The van der Waals surface area contributed by atoms with E-state index in [9.17, 15) is 9.59 Å². The maximum Gasteiger partial charge on any atom is 0.328 e. The van der Waals surface area contributed by atoms with E-state index in [1.54, 1.807) is 0 Å². The number of amides is 2. The first kappa shape index (κ1) is 24.0. The molecular formula is C25H31N5O3. The first-order valence-corrected chi connectivity index (χ1v) is 11.0. The van der Waals surface area contributed by atoms with Crippen LogP contribution in [0.1, 0.15) is 45.0 Å². The minimum absolute atomic E-state index is 0.0133. The fraction of sp³-hybridized carbons (Fsp3) is 0.360. The predicted octanol–water partition coefficient (Wildman–Crippen LogP) is 4.68. The highest BCUT2D eigenvalue weighted by Crippen LogP contribution is 2.23. The van der Waals surface area contributed by atoms with Crippen molar-refractivity contribution in [2.75, 3.05) is 17.7 Å². The summed E-state index contributed by atoms with van der Waals surface area (Å²) in [5.41, 5.74) is 2.62. The number of benzene rings is 2. The molecule has 33 heavy (non-hydrogen) atoms. The van der Waals surface area contributed by atoms with Gasteiger partial charge in [-0.25, -0.2) is 19.6 Å². The Hall–Kier alpha value is -3.68. The summed E-state index contributed by atoms with van der Waals surface area (Å²) in [6.45, 7) is 8.23. The molecule has 2 aromatic carbocycles. The van der Waals surface area contributed by atoms with Gasteiger partial charge in [-0.15, -0.1) is 0 Å². The SMILES string of the molecule is COC(=O)[C@@H](Nc1nc(CNC(=O)Nc2ccc(C(C)C)cc2)nc2ccccc12)C(C)C. The van der Waals surface area contributed by atoms with Crippen molar-refractivity contribution in [1.29, 1.82) is 0 Å². The number of esters is 1. The molecule has 1 atom stereocenters. The fourth-order valence-corrected chi connectivity index (χ4v) is 3.37. The third kappa shape index (κ3) is 6.19. The van der Waals surface area contributed by atoms with Crippen LogP contribution in [0.2, 0.25) is 0 Å². The van der Waals surface area contributed by atoms with E-state index in [0.717, 1.165) is 5.39 Å². The molecule has 0 fully saturated rings. The lowest BCUT2D eigenvalue weighted by Crippen LogP contribution is -2.36. The first-order chi connectivity index (χ1) is 15.8. The Kier molecular flexibility index (Phi) is 7.82. The maximum absolute atomic E-state index is 12.4. The first-order valence-electron chi connectivity index (χ1n) is 11.0. The standard InChI is InChI=1S/C25H31N5O3/c1-15(2)17-10-12-18(13-11-17)27-25(32)26-14-21-28-20-9-7-6-8-19(20)23(29-21)30-22(16(3)4)24(31)33-5/h6-13,15-16,22H,14H2,1-5H3,(H2,26,27,32)(H,28,29,30)/t22-/m0/s1. The smallest absolute Gasteiger partial charge is 0.328 e. The molecule has 0 radical (unpaired) electrons. The number of urea groups is 1. The number of aromatic nitrogens is 2. The molecule has 1 heterocycles. The van der Waals surface area contributed by atoms with Gasteiger partial charge in [-0.05, 0) is 41.7 Å². The zero-order valence-electron chi connectivity index (χ0n) is 19.7. The molecule has 3 N–H and O–H groups in total. The summed E-state index contributed by atoms with van der Waals surface area (Å²) in [6.07, 6.45) is 0. The number of hydrogen-bond acceptors (Lipinski definition) is 6. The lowest BCUT2D eigenvalue weighted by Gasteiger charge is -2.21. The summed E-state index contributed by atoms with van der Waals surface area (Å²) in [4.78, 5) is 33.8. The maximum atomic E-state index is 12.4. The predicted molar refractivity (Wildman–Crippen MR) is 130 cm³/mol. The molecule has 0 saturated carbocycles. The van der Waals surface area contributed by atoms with Crippen molar-refractivity contribution in [3.05, 3.63) is 59.9 Å². The van der Waals surface area contributed by atoms with Gasteiger partial charge in [0.15, 0.2) is 5.82 Å². The number of ether oxygens (including phenoxy) is 1. The lowest BCUT2D eigenvalue weighted by atomic mass is 10.0. The van der Waals surface area contributed by atoms with E-state index in [0.29, 0.717) is 28.8 Å². The lowest BCUT2D eigenvalue weighted by molar-refractivity contribution is -0.142. The summed E-state index contributed by atoms with van der Waals surface area (Å²) < 4.78 is 4.93. The highest BCUT2D eigenvalue weighted by molar-refractivity contribution is 5.91. The van der Waals surface area contributed by atoms with Crippen molar-refractivity contribution in [2.24, 2.45) is 5.92 Å². The van der Waals surface area contributed by atoms with E-state index in [4.69, 9.17) is 4.74 Å². The molecule has 0 spiro atoms. The number of nitrogens with one attached hydrogen (secondary N) is 3. The van der Waals surface area contributed by atoms with Crippen LogP contribution in [-0.4, -0.2) is 35.1 Å². The number of rotatable bonds is 8. The normalized spacial score (nSPS) is 12.0. The number of nitrogens with zero attached hydrogens (tertiary/aromatic N) is 2. The molecule has 1 aromatic heterocycles. The van der Waals surface area contributed by atoms with E-state index in [1.807, 2.05) is 62.4 Å². The number of methoxy groups -OCH3 is 1. The average Bonchev–Trinajstić information content (AvgIpc) is 2.80. The van der Waals surface area contributed by atoms with Crippen LogP contribution in [0.15, 0.2) is 48.5 Å². The van der Waals surface area contributed by atoms with Crippen LogP contribution in [0.25, 0.3) is 10.9 Å². The molecule has 3 rings (SSSR count). The molecule has 8 heteroatoms. The van der Waals surface area contributed by atoms with Crippen molar-refractivity contribution in [3.8, 4) is 0 Å². The van der Waals surface area contributed by atoms with Gasteiger partial charge in [-0.3, -0.25) is 0 Å². The van der Waals surface area contributed by atoms with Crippen molar-refractivity contribution in [3.63, 3.8) is 0 Å². The molecule has 0 aliphatic rings. The van der Waals surface area contributed by atoms with Gasteiger partial charge >= 0.3 is 12.0 Å². The monoisotopic (exact) mass is 449 g/mol. The molecule has 0 bridgehead atoms. The molecule has 0 saturated heterocycles. The van der Waals surface area contributed by atoms with Gasteiger partial charge in [0.25, 0.3) is 0 Å². The van der Waals surface area contributed by atoms with Crippen LogP contribution < -0.4 is 16.0 Å². The third-order valence-electron chi connectivity index (χ3n) is 5.31. The van der Waals surface area contributed by atoms with Gasteiger partial charge in [-0.2, -0.15) is 0 Å². The number of carbonyl (C=O) groups excluding carboxylic acids is 2. The number of anilines is 2. The molecule has 0 unspecified atom stereocenters. The molecule has 3 aromatic rings. The largest absolute Gasteiger partial charge is 0.467 e. The second-order valence-corrected chi connectivity index (χ2v) is 8.48. The minimum atomic E-state index is -0.564. The van der Waals surface area contributed by atoms with Gasteiger partial charge < -0.3 is 20.7 Å². The number of hydrogen-bond donors (Lipinski definition) is 3. The molecule has 0 aliphatic carbocycles. The van der Waals surface area contributed by atoms with Crippen molar-refractivity contribution in [2.45, 2.75) is 46.2 Å². The van der Waals surface area contributed by atoms with Crippen LogP contribution in [0.5, 0.6) is 0 Å². The summed E-state index contributed by atoms with van der Waals surface area (Å²) in [6, 6.07) is 14.3. The Morgan fingerprint density at radius 3 is 2.30 bits per heavy atom. The Balaban J connectivity index is 1.75. The molecule has 174 valence electrons. The Morgan fingerprint density at radius 2 is 1.67 bits per heavy atom. The van der Waals surface area contributed by atoms with E-state index in [2.05, 4.69) is 39.8 Å². The second kappa shape index (κ2) is 10.8. The van der Waals surface area contributed by atoms with Crippen molar-refractivity contribution in [1.82, 2.24) is 15.3 Å². The van der Waals surface area contributed by atoms with E-state index in [1.165, 1.54) is 12.7 Å². The summed E-state index contributed by atoms with van der Waals surface area (Å²) >= 11 is 0. The van der Waals surface area contributed by atoms with Gasteiger partial charge in [0.05, 0.1) is 19.2 Å². The van der Waals surface area contributed by atoms with Crippen LogP contribution in [0.3, 0.4) is 0 Å². The molecular weight excluding hydrogens is 418 g/mol. The van der Waals surface area contributed by atoms with Crippen molar-refractivity contribution >= 4 is 34.4 Å². The zero-order valence-corrected chi connectivity index (χ0v) is 19.7. The van der Waals surface area contributed by atoms with Gasteiger partial charge in [0.1, 0.15) is 11.9 Å². The average molecular weight is 450 g/mol. The highest BCUT2D eigenvalue weighted by atomic mass is 16.5. The minimum Gasteiger partial charge on any atom is -0.467 e. The zero-order chi connectivity index (χ0) is 24.0. The summed E-state index contributed by atoms with van der Waals surface area (Å²) in [5.74, 6) is 0.992. The Labute approximate surface area is 194 Å². The third-order valence-corrected chi connectivity index (χ3v) is 5.31. The van der Waals surface area contributed by atoms with Crippen molar-refractivity contribution < 1.29 is 14.3 Å². The topological polar surface area (TPSA) is 105 Å². The van der Waals surface area contributed by atoms with Gasteiger partial charge in [0.2, 0.25) is 0 Å². The number of fused-ring (bicyclic) bond motifs is 1. The molecule has 8 nitrogen and oxygen atoms in total. The van der Waals surface area contributed by atoms with Gasteiger partial charge in [0, 0.05) is 11.1 Å². The molecule has 2 amide bonds. The van der Waals surface area contributed by atoms with Crippen LogP contribution >= 0.6 is 0 Å². The van der Waals surface area contributed by atoms with Crippen LogP contribution in [0.4, 0.5) is 16.3 Å².